The maximum Gasteiger partial charge on any atom is 0.435 e. The van der Waals surface area contributed by atoms with Crippen molar-refractivity contribution in [1.29, 1.82) is 0 Å². The summed E-state index contributed by atoms with van der Waals surface area (Å²) >= 11 is 0. The van der Waals surface area contributed by atoms with Gasteiger partial charge in [-0.15, -0.1) is 0 Å². The first-order valence-electron chi connectivity index (χ1n) is 9.37. The predicted molar refractivity (Wildman–Crippen MR) is 108 cm³/mol. The molecule has 0 unspecified atom stereocenters. The van der Waals surface area contributed by atoms with E-state index in [1.54, 1.807) is 31.2 Å². The topological polar surface area (TPSA) is 98.3 Å². The Bertz CT molecular complexity index is 1530. The molecule has 1 N–H and O–H groups in total. The number of pyridine rings is 1. The second-order valence-corrected chi connectivity index (χ2v) is 6.96. The summed E-state index contributed by atoms with van der Waals surface area (Å²) in [4.78, 5) is 24.5. The van der Waals surface area contributed by atoms with E-state index < -0.39 is 17.4 Å². The first-order valence-corrected chi connectivity index (χ1v) is 9.37. The molecular weight excluding hydrogens is 427 g/mol. The molecule has 0 radical (unpaired) electrons. The molecule has 4 aromatic heterocycles. The summed E-state index contributed by atoms with van der Waals surface area (Å²) in [5.41, 5.74) is -1.18. The van der Waals surface area contributed by atoms with Gasteiger partial charge in [-0.1, -0.05) is 30.3 Å². The molecule has 0 amide bonds. The number of nitrogens with one attached hydrogen (secondary N) is 1. The van der Waals surface area contributed by atoms with Crippen molar-refractivity contribution in [2.75, 3.05) is 7.11 Å². The van der Waals surface area contributed by atoms with E-state index in [0.29, 0.717) is 10.1 Å². The van der Waals surface area contributed by atoms with Gasteiger partial charge < -0.3 is 14.1 Å². The molecule has 0 saturated carbocycles. The first-order chi connectivity index (χ1) is 15.3. The molecule has 5 rings (SSSR count). The molecule has 8 nitrogen and oxygen atoms in total. The first kappa shape index (κ1) is 19.8. The smallest absolute Gasteiger partial charge is 0.435 e. The van der Waals surface area contributed by atoms with Crippen LogP contribution in [0.1, 0.15) is 11.4 Å². The number of oxazole rings is 1. The van der Waals surface area contributed by atoms with Gasteiger partial charge in [0.2, 0.25) is 11.8 Å². The van der Waals surface area contributed by atoms with Gasteiger partial charge >= 0.3 is 6.18 Å². The molecule has 4 heterocycles. The number of benzene rings is 1. The number of fused-ring (bicyclic) bond motifs is 2. The number of H-pyrrole nitrogens is 1. The van der Waals surface area contributed by atoms with Crippen molar-refractivity contribution in [2.24, 2.45) is 0 Å². The fraction of sp³-hybridized carbons (Fsp3) is 0.143. The lowest BCUT2D eigenvalue weighted by Gasteiger charge is -2.07. The van der Waals surface area contributed by atoms with Crippen LogP contribution in [0.15, 0.2) is 51.8 Å². The number of rotatable bonds is 3. The third-order valence-corrected chi connectivity index (χ3v) is 4.98. The van der Waals surface area contributed by atoms with E-state index >= 15 is 0 Å². The molecule has 0 aliphatic rings. The summed E-state index contributed by atoms with van der Waals surface area (Å²) in [7, 11) is 1.41. The molecule has 1 aromatic carbocycles. The highest BCUT2D eigenvalue weighted by Crippen LogP contribution is 2.38. The molecule has 0 fully saturated rings. The molecular formula is C21H14F3N5O3. The number of methoxy groups -OCH3 is 1. The van der Waals surface area contributed by atoms with E-state index in [1.807, 2.05) is 0 Å². The summed E-state index contributed by atoms with van der Waals surface area (Å²) < 4.78 is 52.9. The molecule has 32 heavy (non-hydrogen) atoms. The lowest BCUT2D eigenvalue weighted by atomic mass is 10.1. The van der Waals surface area contributed by atoms with E-state index in [1.165, 1.54) is 25.4 Å². The number of aryl methyl sites for hydroxylation is 1. The molecule has 0 bridgehead atoms. The van der Waals surface area contributed by atoms with E-state index in [0.717, 1.165) is 0 Å². The monoisotopic (exact) mass is 441 g/mol. The quantitative estimate of drug-likeness (QED) is 0.450. The van der Waals surface area contributed by atoms with Crippen molar-refractivity contribution < 1.29 is 22.3 Å². The SMILES string of the molecule is COc1nccc2oc(-c3c(C)[nH]c4c(-c5ccccc5)c(C(F)(F)F)nn4c3=O)nc12. The predicted octanol–water partition coefficient (Wildman–Crippen LogP) is 4.23. The van der Waals surface area contributed by atoms with Crippen LogP contribution in [0.2, 0.25) is 0 Å². The minimum absolute atomic E-state index is 0.0495. The van der Waals surface area contributed by atoms with Crippen molar-refractivity contribution in [3.05, 3.63) is 64.3 Å². The Balaban J connectivity index is 1.82. The summed E-state index contributed by atoms with van der Waals surface area (Å²) in [5.74, 6) is 0.106. The van der Waals surface area contributed by atoms with Crippen molar-refractivity contribution in [2.45, 2.75) is 13.1 Å². The molecule has 162 valence electrons. The van der Waals surface area contributed by atoms with E-state index in [4.69, 9.17) is 9.15 Å². The second kappa shape index (κ2) is 6.94. The lowest BCUT2D eigenvalue weighted by molar-refractivity contribution is -0.140. The summed E-state index contributed by atoms with van der Waals surface area (Å²) in [6.07, 6.45) is -3.33. The molecule has 0 aliphatic heterocycles. The van der Waals surface area contributed by atoms with Gasteiger partial charge in [0.1, 0.15) is 11.2 Å². The number of hydrogen-bond acceptors (Lipinski definition) is 6. The number of alkyl halides is 3. The highest BCUT2D eigenvalue weighted by Gasteiger charge is 2.39. The maximum atomic E-state index is 13.8. The largest absolute Gasteiger partial charge is 0.479 e. The van der Waals surface area contributed by atoms with Crippen molar-refractivity contribution in [3.63, 3.8) is 0 Å². The maximum absolute atomic E-state index is 13.8. The van der Waals surface area contributed by atoms with Crippen LogP contribution >= 0.6 is 0 Å². The van der Waals surface area contributed by atoms with E-state index in [2.05, 4.69) is 20.1 Å². The van der Waals surface area contributed by atoms with Crippen LogP contribution in [0, 0.1) is 6.92 Å². The zero-order valence-corrected chi connectivity index (χ0v) is 16.7. The molecule has 0 spiro atoms. The number of ether oxygens (including phenoxy) is 1. The fourth-order valence-electron chi connectivity index (χ4n) is 3.60. The fourth-order valence-corrected chi connectivity index (χ4v) is 3.60. The molecule has 0 saturated heterocycles. The third-order valence-electron chi connectivity index (χ3n) is 4.98. The van der Waals surface area contributed by atoms with Gasteiger partial charge in [-0.2, -0.15) is 22.8 Å². The van der Waals surface area contributed by atoms with Gasteiger partial charge in [0.25, 0.3) is 5.56 Å². The minimum Gasteiger partial charge on any atom is -0.479 e. The Kier molecular flexibility index (Phi) is 4.29. The standard InChI is InChI=1S/C21H14F3N5O3/c1-10-13(18-27-15-12(32-18)8-9-25-19(15)31-2)20(30)29-17(26-10)14(11-6-4-3-5-7-11)16(28-29)21(22,23)24/h3-9,26H,1-2H3. The molecule has 11 heteroatoms. The Morgan fingerprint density at radius 2 is 1.88 bits per heavy atom. The van der Waals surface area contributed by atoms with Gasteiger partial charge in [0, 0.05) is 18.0 Å². The number of aromatic amines is 1. The van der Waals surface area contributed by atoms with Crippen LogP contribution in [0.25, 0.3) is 39.3 Å². The minimum atomic E-state index is -4.78. The van der Waals surface area contributed by atoms with Crippen LogP contribution in [0.5, 0.6) is 5.88 Å². The van der Waals surface area contributed by atoms with Crippen LogP contribution in [0.4, 0.5) is 13.2 Å². The average molecular weight is 441 g/mol. The Morgan fingerprint density at radius 3 is 2.56 bits per heavy atom. The second-order valence-electron chi connectivity index (χ2n) is 6.96. The van der Waals surface area contributed by atoms with Gasteiger partial charge in [0.15, 0.2) is 16.8 Å². The van der Waals surface area contributed by atoms with Crippen molar-refractivity contribution in [3.8, 4) is 28.5 Å². The van der Waals surface area contributed by atoms with Gasteiger partial charge in [-0.05, 0) is 12.5 Å². The Labute approximate surface area is 177 Å². The van der Waals surface area contributed by atoms with Crippen molar-refractivity contribution in [1.82, 2.24) is 24.6 Å². The van der Waals surface area contributed by atoms with Crippen LogP contribution < -0.4 is 10.3 Å². The van der Waals surface area contributed by atoms with Crippen LogP contribution in [-0.4, -0.2) is 31.7 Å². The molecule has 0 aliphatic carbocycles. The van der Waals surface area contributed by atoms with E-state index in [-0.39, 0.29) is 45.3 Å². The highest BCUT2D eigenvalue weighted by atomic mass is 19.4. The summed E-state index contributed by atoms with van der Waals surface area (Å²) in [6, 6.07) is 9.49. The van der Waals surface area contributed by atoms with Crippen LogP contribution in [-0.2, 0) is 6.18 Å². The Morgan fingerprint density at radius 1 is 1.12 bits per heavy atom. The van der Waals surface area contributed by atoms with Gasteiger partial charge in [0.05, 0.1) is 12.7 Å². The highest BCUT2D eigenvalue weighted by molar-refractivity contribution is 5.83. The van der Waals surface area contributed by atoms with Crippen LogP contribution in [0.3, 0.4) is 0 Å². The number of halogens is 3. The van der Waals surface area contributed by atoms with Crippen molar-refractivity contribution >= 4 is 16.7 Å². The Hall–Kier alpha value is -4.15. The normalized spacial score (nSPS) is 12.0. The lowest BCUT2D eigenvalue weighted by Crippen LogP contribution is -2.20. The molecule has 5 aromatic rings. The third kappa shape index (κ3) is 2.93. The number of nitrogens with zero attached hydrogens (tertiary/aromatic N) is 4. The van der Waals surface area contributed by atoms with Gasteiger partial charge in [-0.3, -0.25) is 4.79 Å². The average Bonchev–Trinajstić information content (AvgIpc) is 3.36. The number of hydrogen-bond donors (Lipinski definition) is 1. The molecule has 0 atom stereocenters. The summed E-state index contributed by atoms with van der Waals surface area (Å²) in [5, 5.41) is 3.62. The van der Waals surface area contributed by atoms with E-state index in [9.17, 15) is 18.0 Å². The zero-order valence-electron chi connectivity index (χ0n) is 16.7. The zero-order chi connectivity index (χ0) is 22.6. The van der Waals surface area contributed by atoms with Gasteiger partial charge in [-0.25, -0.2) is 9.97 Å². The number of aromatic nitrogens is 5. The summed E-state index contributed by atoms with van der Waals surface area (Å²) in [6.45, 7) is 1.55.